The molecular formula is C16H15N2O2. The molecule has 101 valence electrons. The van der Waals surface area contributed by atoms with Gasteiger partial charge in [0, 0.05) is 17.3 Å². The fraction of sp³-hybridized carbons (Fsp3) is 0.375. The number of oxazole rings is 1. The Labute approximate surface area is 117 Å². The van der Waals surface area contributed by atoms with E-state index < -0.39 is 5.41 Å². The molecule has 4 nitrogen and oxygen atoms in total. The standard InChI is InChI=1S/C16H15N2O2/c1-16(2)12-6-3-10(14-17-7-8-20-14)9-13(12)18(15(16)19)11-4-5-11/h3,6,8-9,11H,4-5H2,1-2H3. The van der Waals surface area contributed by atoms with E-state index in [1.165, 1.54) is 6.26 Å². The van der Waals surface area contributed by atoms with Gasteiger partial charge in [-0.15, -0.1) is 0 Å². The predicted octanol–water partition coefficient (Wildman–Crippen LogP) is 2.93. The second-order valence-corrected chi connectivity index (χ2v) is 6.05. The average Bonchev–Trinajstić information content (AvgIpc) is 3.06. The molecule has 0 saturated heterocycles. The Morgan fingerprint density at radius 1 is 1.40 bits per heavy atom. The van der Waals surface area contributed by atoms with Crippen LogP contribution in [0.4, 0.5) is 5.69 Å². The fourth-order valence-electron chi connectivity index (χ4n) is 2.94. The molecular weight excluding hydrogens is 252 g/mol. The minimum atomic E-state index is -0.445. The molecule has 0 spiro atoms. The van der Waals surface area contributed by atoms with Crippen LogP contribution in [0.25, 0.3) is 11.5 Å². The number of carbonyl (C=O) groups excluding carboxylic acids is 1. The summed E-state index contributed by atoms with van der Waals surface area (Å²) in [5.41, 5.74) is 2.55. The van der Waals surface area contributed by atoms with Crippen LogP contribution in [0.2, 0.25) is 0 Å². The molecule has 1 amide bonds. The number of hydrogen-bond donors (Lipinski definition) is 0. The number of fused-ring (bicyclic) bond motifs is 1. The second kappa shape index (κ2) is 3.72. The Bertz CT molecular complexity index is 685. The molecule has 1 fully saturated rings. The zero-order chi connectivity index (χ0) is 13.9. The summed E-state index contributed by atoms with van der Waals surface area (Å²) >= 11 is 0. The molecule has 0 atom stereocenters. The summed E-state index contributed by atoms with van der Waals surface area (Å²) in [6.07, 6.45) is 6.30. The van der Waals surface area contributed by atoms with E-state index in [-0.39, 0.29) is 5.91 Å². The van der Waals surface area contributed by atoms with E-state index in [4.69, 9.17) is 4.42 Å². The van der Waals surface area contributed by atoms with E-state index in [1.54, 1.807) is 0 Å². The van der Waals surface area contributed by atoms with Gasteiger partial charge in [0.2, 0.25) is 11.8 Å². The Morgan fingerprint density at radius 2 is 2.20 bits per heavy atom. The molecule has 0 N–H and O–H groups in total. The van der Waals surface area contributed by atoms with Gasteiger partial charge in [-0.3, -0.25) is 4.79 Å². The van der Waals surface area contributed by atoms with Gasteiger partial charge in [-0.1, -0.05) is 6.07 Å². The molecule has 2 aliphatic rings. The van der Waals surface area contributed by atoms with Crippen molar-refractivity contribution < 1.29 is 9.21 Å². The zero-order valence-electron chi connectivity index (χ0n) is 11.5. The quantitative estimate of drug-likeness (QED) is 0.840. The number of anilines is 1. The average molecular weight is 267 g/mol. The number of carbonyl (C=O) groups is 1. The molecule has 4 rings (SSSR count). The van der Waals surface area contributed by atoms with Gasteiger partial charge in [0.1, 0.15) is 12.5 Å². The highest BCUT2D eigenvalue weighted by Crippen LogP contribution is 2.47. The second-order valence-electron chi connectivity index (χ2n) is 6.05. The highest BCUT2D eigenvalue weighted by Gasteiger charge is 2.49. The van der Waals surface area contributed by atoms with Crippen molar-refractivity contribution in [3.05, 3.63) is 36.2 Å². The van der Waals surface area contributed by atoms with E-state index in [0.29, 0.717) is 11.9 Å². The normalized spacial score (nSPS) is 20.3. The third-order valence-electron chi connectivity index (χ3n) is 4.23. The van der Waals surface area contributed by atoms with Gasteiger partial charge in [-0.2, -0.15) is 0 Å². The van der Waals surface area contributed by atoms with Gasteiger partial charge in [0.15, 0.2) is 0 Å². The SMILES string of the molecule is CC1(C)C(=O)N(C2CC2)c2cc(-c3n[c]co3)ccc21. The van der Waals surface area contributed by atoms with Crippen molar-refractivity contribution in [2.24, 2.45) is 0 Å². The van der Waals surface area contributed by atoms with Crippen molar-refractivity contribution in [2.45, 2.75) is 38.1 Å². The Balaban J connectivity index is 1.88. The summed E-state index contributed by atoms with van der Waals surface area (Å²) in [5, 5.41) is 0. The van der Waals surface area contributed by atoms with Gasteiger partial charge >= 0.3 is 0 Å². The lowest BCUT2D eigenvalue weighted by atomic mass is 9.86. The van der Waals surface area contributed by atoms with Crippen LogP contribution in [0.15, 0.2) is 28.9 Å². The zero-order valence-corrected chi connectivity index (χ0v) is 11.5. The van der Waals surface area contributed by atoms with Gasteiger partial charge in [0.05, 0.1) is 5.41 Å². The molecule has 1 radical (unpaired) electrons. The number of nitrogens with zero attached hydrogens (tertiary/aromatic N) is 2. The van der Waals surface area contributed by atoms with Crippen LogP contribution in [0, 0.1) is 6.20 Å². The van der Waals surface area contributed by atoms with Crippen LogP contribution in [0.5, 0.6) is 0 Å². The van der Waals surface area contributed by atoms with Crippen LogP contribution in [-0.4, -0.2) is 16.9 Å². The lowest BCUT2D eigenvalue weighted by Crippen LogP contribution is -2.37. The van der Waals surface area contributed by atoms with E-state index in [1.807, 2.05) is 36.9 Å². The number of benzene rings is 1. The van der Waals surface area contributed by atoms with Crippen molar-refractivity contribution in [3.8, 4) is 11.5 Å². The van der Waals surface area contributed by atoms with E-state index >= 15 is 0 Å². The van der Waals surface area contributed by atoms with Crippen LogP contribution in [0.1, 0.15) is 32.3 Å². The predicted molar refractivity (Wildman–Crippen MR) is 74.3 cm³/mol. The molecule has 1 aromatic heterocycles. The first-order chi connectivity index (χ1) is 9.59. The maximum atomic E-state index is 12.6. The number of rotatable bonds is 2. The molecule has 1 aliphatic carbocycles. The topological polar surface area (TPSA) is 46.3 Å². The summed E-state index contributed by atoms with van der Waals surface area (Å²) < 4.78 is 5.30. The summed E-state index contributed by atoms with van der Waals surface area (Å²) in [5.74, 6) is 0.742. The third kappa shape index (κ3) is 1.48. The number of hydrogen-bond acceptors (Lipinski definition) is 3. The smallest absolute Gasteiger partial charge is 0.237 e. The summed E-state index contributed by atoms with van der Waals surface area (Å²) in [4.78, 5) is 18.7. The number of aromatic nitrogens is 1. The van der Waals surface area contributed by atoms with E-state index in [2.05, 4.69) is 11.2 Å². The maximum Gasteiger partial charge on any atom is 0.237 e. The van der Waals surface area contributed by atoms with Gasteiger partial charge in [0.25, 0.3) is 0 Å². The van der Waals surface area contributed by atoms with Crippen LogP contribution >= 0.6 is 0 Å². The molecule has 20 heavy (non-hydrogen) atoms. The van der Waals surface area contributed by atoms with Crippen molar-refractivity contribution in [1.29, 1.82) is 0 Å². The minimum Gasteiger partial charge on any atom is -0.444 e. The van der Waals surface area contributed by atoms with Crippen molar-refractivity contribution in [2.75, 3.05) is 4.90 Å². The van der Waals surface area contributed by atoms with E-state index in [0.717, 1.165) is 29.7 Å². The molecule has 0 bridgehead atoms. The molecule has 2 aromatic rings. The van der Waals surface area contributed by atoms with Gasteiger partial charge in [-0.05, 0) is 44.4 Å². The molecule has 0 unspecified atom stereocenters. The molecule has 4 heteroatoms. The van der Waals surface area contributed by atoms with Crippen LogP contribution in [-0.2, 0) is 10.2 Å². The molecule has 1 aliphatic heterocycles. The molecule has 1 aromatic carbocycles. The first-order valence-corrected chi connectivity index (χ1v) is 6.89. The fourth-order valence-corrected chi connectivity index (χ4v) is 2.94. The minimum absolute atomic E-state index is 0.200. The summed E-state index contributed by atoms with van der Waals surface area (Å²) in [6.45, 7) is 3.99. The summed E-state index contributed by atoms with van der Waals surface area (Å²) in [6, 6.07) is 6.37. The van der Waals surface area contributed by atoms with Crippen LogP contribution < -0.4 is 4.90 Å². The molecule has 1 saturated carbocycles. The lowest BCUT2D eigenvalue weighted by Gasteiger charge is -2.19. The van der Waals surface area contributed by atoms with Crippen molar-refractivity contribution in [3.63, 3.8) is 0 Å². The van der Waals surface area contributed by atoms with Crippen molar-refractivity contribution in [1.82, 2.24) is 4.98 Å². The van der Waals surface area contributed by atoms with Gasteiger partial charge in [-0.25, -0.2) is 4.98 Å². The van der Waals surface area contributed by atoms with E-state index in [9.17, 15) is 4.79 Å². The highest BCUT2D eigenvalue weighted by molar-refractivity contribution is 6.08. The first kappa shape index (κ1) is 11.7. The third-order valence-corrected chi connectivity index (χ3v) is 4.23. The number of amides is 1. The monoisotopic (exact) mass is 267 g/mol. The molecule has 2 heterocycles. The Kier molecular flexibility index (Phi) is 2.18. The highest BCUT2D eigenvalue weighted by atomic mass is 16.3. The largest absolute Gasteiger partial charge is 0.444 e. The first-order valence-electron chi connectivity index (χ1n) is 6.89. The van der Waals surface area contributed by atoms with Crippen LogP contribution in [0.3, 0.4) is 0 Å². The Hall–Kier alpha value is -2.10. The maximum absolute atomic E-state index is 12.6. The Morgan fingerprint density at radius 3 is 2.85 bits per heavy atom. The van der Waals surface area contributed by atoms with Crippen molar-refractivity contribution >= 4 is 11.6 Å². The summed E-state index contributed by atoms with van der Waals surface area (Å²) in [7, 11) is 0. The lowest BCUT2D eigenvalue weighted by molar-refractivity contribution is -0.122. The van der Waals surface area contributed by atoms with Gasteiger partial charge < -0.3 is 9.32 Å².